The first-order valence-electron chi connectivity index (χ1n) is 7.10. The molecule has 0 N–H and O–H groups in total. The highest BCUT2D eigenvalue weighted by Crippen LogP contribution is 2.10. The summed E-state index contributed by atoms with van der Waals surface area (Å²) in [6.45, 7) is 4.01. The number of thiol groups is 1. The van der Waals surface area contributed by atoms with Crippen LogP contribution < -0.4 is 0 Å². The van der Waals surface area contributed by atoms with Gasteiger partial charge in [0.1, 0.15) is 0 Å². The lowest BCUT2D eigenvalue weighted by Crippen LogP contribution is -1.97. The third kappa shape index (κ3) is 14.3. The van der Waals surface area contributed by atoms with E-state index in [2.05, 4.69) is 19.6 Å². The van der Waals surface area contributed by atoms with E-state index >= 15 is 0 Å². The van der Waals surface area contributed by atoms with Gasteiger partial charge in [-0.3, -0.25) is 0 Å². The Hall–Kier alpha value is 0.310. The fraction of sp³-hybridized carbons (Fsp3) is 1.00. The first-order chi connectivity index (χ1) is 7.91. The molecule has 2 heteroatoms. The van der Waals surface area contributed by atoms with Crippen molar-refractivity contribution in [3.63, 3.8) is 0 Å². The van der Waals surface area contributed by atoms with Gasteiger partial charge in [0.2, 0.25) is 0 Å². The van der Waals surface area contributed by atoms with Crippen LogP contribution in [0.1, 0.15) is 71.1 Å². The summed E-state index contributed by atoms with van der Waals surface area (Å²) < 4.78 is 5.38. The predicted octanol–water partition coefficient (Wildman–Crippen LogP) is 4.85. The quantitative estimate of drug-likeness (QED) is 0.361. The van der Waals surface area contributed by atoms with Crippen molar-refractivity contribution in [3.8, 4) is 0 Å². The Morgan fingerprint density at radius 2 is 1.19 bits per heavy atom. The van der Waals surface area contributed by atoms with Crippen molar-refractivity contribution in [3.05, 3.63) is 0 Å². The van der Waals surface area contributed by atoms with Crippen molar-refractivity contribution in [2.75, 3.05) is 19.0 Å². The molecule has 98 valence electrons. The van der Waals surface area contributed by atoms with E-state index in [1.54, 1.807) is 0 Å². The van der Waals surface area contributed by atoms with Crippen molar-refractivity contribution >= 4 is 12.6 Å². The molecule has 0 spiro atoms. The molecule has 1 nitrogen and oxygen atoms in total. The van der Waals surface area contributed by atoms with Crippen LogP contribution in [0, 0.1) is 0 Å². The fourth-order valence-corrected chi connectivity index (χ4v) is 1.99. The summed E-state index contributed by atoms with van der Waals surface area (Å²) >= 11 is 4.10. The molecular formula is C14H30OS. The van der Waals surface area contributed by atoms with Gasteiger partial charge in [-0.05, 0) is 6.42 Å². The minimum atomic E-state index is 0.806. The maximum absolute atomic E-state index is 5.38. The Balaban J connectivity index is 2.83. The zero-order chi connectivity index (χ0) is 11.9. The summed E-state index contributed by atoms with van der Waals surface area (Å²) in [4.78, 5) is 0. The number of unbranched alkanes of at least 4 members (excludes halogenated alkanes) is 9. The molecule has 0 heterocycles. The first kappa shape index (κ1) is 16.3. The zero-order valence-electron chi connectivity index (χ0n) is 11.0. The van der Waals surface area contributed by atoms with E-state index in [4.69, 9.17) is 4.74 Å². The topological polar surface area (TPSA) is 9.23 Å². The molecule has 0 unspecified atom stereocenters. The van der Waals surface area contributed by atoms with E-state index in [1.165, 1.54) is 64.2 Å². The molecule has 0 aromatic heterocycles. The molecular weight excluding hydrogens is 216 g/mol. The van der Waals surface area contributed by atoms with E-state index < -0.39 is 0 Å². The minimum Gasteiger partial charge on any atom is -0.381 e. The van der Waals surface area contributed by atoms with Gasteiger partial charge in [0.05, 0.1) is 6.61 Å². The number of hydrogen-bond donors (Lipinski definition) is 1. The molecule has 0 aliphatic heterocycles. The zero-order valence-corrected chi connectivity index (χ0v) is 11.9. The molecule has 0 aromatic carbocycles. The van der Waals surface area contributed by atoms with Crippen molar-refractivity contribution in [2.24, 2.45) is 0 Å². The van der Waals surface area contributed by atoms with E-state index in [9.17, 15) is 0 Å². The molecule has 0 amide bonds. The van der Waals surface area contributed by atoms with Gasteiger partial charge in [-0.2, -0.15) is 12.6 Å². The molecule has 0 rings (SSSR count). The summed E-state index contributed by atoms with van der Waals surface area (Å²) in [6.07, 6.45) is 13.9. The van der Waals surface area contributed by atoms with Crippen LogP contribution in [0.5, 0.6) is 0 Å². The van der Waals surface area contributed by atoms with Crippen molar-refractivity contribution in [2.45, 2.75) is 71.1 Å². The van der Waals surface area contributed by atoms with E-state index in [1.807, 2.05) is 0 Å². The summed E-state index contributed by atoms with van der Waals surface area (Å²) in [6, 6.07) is 0. The summed E-state index contributed by atoms with van der Waals surface area (Å²) in [7, 11) is 0. The Morgan fingerprint density at radius 3 is 1.69 bits per heavy atom. The predicted molar refractivity (Wildman–Crippen MR) is 76.5 cm³/mol. The monoisotopic (exact) mass is 246 g/mol. The molecule has 0 saturated carbocycles. The maximum Gasteiger partial charge on any atom is 0.0554 e. The van der Waals surface area contributed by atoms with Crippen LogP contribution in [0.4, 0.5) is 0 Å². The summed E-state index contributed by atoms with van der Waals surface area (Å²) in [5.41, 5.74) is 0. The van der Waals surface area contributed by atoms with Crippen LogP contribution in [0.25, 0.3) is 0 Å². The second kappa shape index (κ2) is 15.3. The van der Waals surface area contributed by atoms with Gasteiger partial charge in [0.25, 0.3) is 0 Å². The third-order valence-electron chi connectivity index (χ3n) is 2.88. The van der Waals surface area contributed by atoms with Crippen LogP contribution in [-0.4, -0.2) is 19.0 Å². The molecule has 0 atom stereocenters. The number of ether oxygens (including phenoxy) is 1. The highest BCUT2D eigenvalue weighted by molar-refractivity contribution is 7.80. The average molecular weight is 246 g/mol. The second-order valence-corrected chi connectivity index (χ2v) is 4.97. The summed E-state index contributed by atoms with van der Waals surface area (Å²) in [5, 5.41) is 0. The molecule has 0 bridgehead atoms. The maximum atomic E-state index is 5.38. The molecule has 0 aliphatic rings. The van der Waals surface area contributed by atoms with Crippen LogP contribution in [0.2, 0.25) is 0 Å². The van der Waals surface area contributed by atoms with Gasteiger partial charge in [0, 0.05) is 12.4 Å². The Bertz CT molecular complexity index is 103. The van der Waals surface area contributed by atoms with Crippen molar-refractivity contribution < 1.29 is 4.74 Å². The average Bonchev–Trinajstić information content (AvgIpc) is 2.31. The fourth-order valence-electron chi connectivity index (χ4n) is 1.86. The van der Waals surface area contributed by atoms with E-state index in [0.717, 1.165) is 19.0 Å². The number of hydrogen-bond acceptors (Lipinski definition) is 2. The smallest absolute Gasteiger partial charge is 0.0554 e. The van der Waals surface area contributed by atoms with Gasteiger partial charge in [0.15, 0.2) is 0 Å². The van der Waals surface area contributed by atoms with Gasteiger partial charge in [-0.15, -0.1) is 0 Å². The Kier molecular flexibility index (Phi) is 15.6. The molecule has 0 saturated heterocycles. The second-order valence-electron chi connectivity index (χ2n) is 4.52. The molecule has 0 radical (unpaired) electrons. The van der Waals surface area contributed by atoms with Gasteiger partial charge >= 0.3 is 0 Å². The highest BCUT2D eigenvalue weighted by atomic mass is 32.1. The first-order valence-corrected chi connectivity index (χ1v) is 7.73. The third-order valence-corrected chi connectivity index (χ3v) is 3.06. The van der Waals surface area contributed by atoms with E-state index in [0.29, 0.717) is 0 Å². The van der Waals surface area contributed by atoms with Crippen LogP contribution in [0.15, 0.2) is 0 Å². The van der Waals surface area contributed by atoms with Crippen molar-refractivity contribution in [1.29, 1.82) is 0 Å². The molecule has 0 aromatic rings. The highest BCUT2D eigenvalue weighted by Gasteiger charge is 1.92. The van der Waals surface area contributed by atoms with Crippen molar-refractivity contribution in [1.82, 2.24) is 0 Å². The molecule has 0 aliphatic carbocycles. The Morgan fingerprint density at radius 1 is 0.688 bits per heavy atom. The largest absolute Gasteiger partial charge is 0.381 e. The Labute approximate surface area is 108 Å². The normalized spacial score (nSPS) is 10.9. The van der Waals surface area contributed by atoms with Gasteiger partial charge in [-0.1, -0.05) is 64.7 Å². The lowest BCUT2D eigenvalue weighted by Gasteiger charge is -2.03. The SMILES string of the molecule is CCCCCCCCCCCCOCCS. The standard InChI is InChI=1S/C14H30OS/c1-2-3-4-5-6-7-8-9-10-11-12-15-13-14-16/h16H,2-14H2,1H3. The molecule has 0 fully saturated rings. The van der Waals surface area contributed by atoms with E-state index in [-0.39, 0.29) is 0 Å². The molecule has 16 heavy (non-hydrogen) atoms. The van der Waals surface area contributed by atoms with Gasteiger partial charge in [-0.25, -0.2) is 0 Å². The van der Waals surface area contributed by atoms with Gasteiger partial charge < -0.3 is 4.74 Å². The van der Waals surface area contributed by atoms with Crippen LogP contribution in [0.3, 0.4) is 0 Å². The lowest BCUT2D eigenvalue weighted by atomic mass is 10.1. The lowest BCUT2D eigenvalue weighted by molar-refractivity contribution is 0.145. The summed E-state index contributed by atoms with van der Waals surface area (Å²) in [5.74, 6) is 0.845. The minimum absolute atomic E-state index is 0.806. The van der Waals surface area contributed by atoms with Crippen LogP contribution in [-0.2, 0) is 4.74 Å². The van der Waals surface area contributed by atoms with Crippen LogP contribution >= 0.6 is 12.6 Å². The number of rotatable bonds is 13.